The first-order valence-electron chi connectivity index (χ1n) is 4.21. The van der Waals surface area contributed by atoms with Crippen molar-refractivity contribution in [1.82, 2.24) is 9.96 Å². The van der Waals surface area contributed by atoms with E-state index in [0.717, 1.165) is 5.56 Å². The Labute approximate surface area is 77.5 Å². The molecule has 0 radical (unpaired) electrons. The average Bonchev–Trinajstić information content (AvgIpc) is 2.48. The van der Waals surface area contributed by atoms with Gasteiger partial charge in [-0.05, 0) is 5.56 Å². The molecule has 13 heavy (non-hydrogen) atoms. The molecule has 1 aromatic rings. The maximum atomic E-state index is 9.52. The summed E-state index contributed by atoms with van der Waals surface area (Å²) < 4.78 is 0. The summed E-state index contributed by atoms with van der Waals surface area (Å²) in [6, 6.07) is 9.90. The molecular weight excluding hydrogens is 164 g/mol. The highest BCUT2D eigenvalue weighted by Gasteiger charge is 2.23. The van der Waals surface area contributed by atoms with E-state index in [0.29, 0.717) is 0 Å². The summed E-state index contributed by atoms with van der Waals surface area (Å²) in [5.41, 5.74) is 1.08. The van der Waals surface area contributed by atoms with E-state index in [1.165, 1.54) is 5.06 Å². The number of nitrogens with zero attached hydrogens (tertiary/aromatic N) is 2. The summed E-state index contributed by atoms with van der Waals surface area (Å²) in [6.07, 6.45) is 3.41. The fraction of sp³-hybridized carbons (Fsp3) is 0.200. The maximum absolute atomic E-state index is 9.52. The second-order valence-corrected chi connectivity index (χ2v) is 3.13. The monoisotopic (exact) mass is 176 g/mol. The zero-order chi connectivity index (χ0) is 9.26. The first-order valence-corrected chi connectivity index (χ1v) is 4.21. The van der Waals surface area contributed by atoms with Gasteiger partial charge in [-0.1, -0.05) is 30.3 Å². The first kappa shape index (κ1) is 8.13. The Morgan fingerprint density at radius 3 is 2.38 bits per heavy atom. The highest BCUT2D eigenvalue weighted by Crippen LogP contribution is 2.26. The van der Waals surface area contributed by atoms with Crippen LogP contribution in [-0.2, 0) is 0 Å². The van der Waals surface area contributed by atoms with Crippen molar-refractivity contribution in [2.24, 2.45) is 0 Å². The summed E-state index contributed by atoms with van der Waals surface area (Å²) in [5.74, 6) is 0. The molecule has 1 aliphatic heterocycles. The minimum Gasteiger partial charge on any atom is -0.354 e. The van der Waals surface area contributed by atoms with Crippen LogP contribution in [0.25, 0.3) is 0 Å². The van der Waals surface area contributed by atoms with Gasteiger partial charge in [-0.25, -0.2) is 5.06 Å². The SMILES string of the molecule is CN1C=CN(O)C1c1ccccc1. The van der Waals surface area contributed by atoms with Crippen LogP contribution in [-0.4, -0.2) is 22.2 Å². The van der Waals surface area contributed by atoms with Gasteiger partial charge in [0, 0.05) is 19.4 Å². The highest BCUT2D eigenvalue weighted by atomic mass is 16.5. The van der Waals surface area contributed by atoms with E-state index in [-0.39, 0.29) is 6.17 Å². The van der Waals surface area contributed by atoms with E-state index < -0.39 is 0 Å². The fourth-order valence-corrected chi connectivity index (χ4v) is 1.54. The van der Waals surface area contributed by atoms with Crippen LogP contribution in [0.1, 0.15) is 11.7 Å². The van der Waals surface area contributed by atoms with E-state index >= 15 is 0 Å². The van der Waals surface area contributed by atoms with E-state index in [9.17, 15) is 5.21 Å². The lowest BCUT2D eigenvalue weighted by atomic mass is 10.1. The highest BCUT2D eigenvalue weighted by molar-refractivity contribution is 5.20. The molecule has 0 amide bonds. The summed E-state index contributed by atoms with van der Waals surface area (Å²) in [4.78, 5) is 1.95. The van der Waals surface area contributed by atoms with Crippen LogP contribution in [0, 0.1) is 0 Å². The molecule has 0 spiro atoms. The zero-order valence-electron chi connectivity index (χ0n) is 7.46. The third-order valence-corrected chi connectivity index (χ3v) is 2.19. The average molecular weight is 176 g/mol. The van der Waals surface area contributed by atoms with Gasteiger partial charge in [-0.2, -0.15) is 0 Å². The van der Waals surface area contributed by atoms with E-state index in [2.05, 4.69) is 0 Å². The molecule has 68 valence electrons. The Morgan fingerprint density at radius 2 is 1.85 bits per heavy atom. The molecule has 3 nitrogen and oxygen atoms in total. The van der Waals surface area contributed by atoms with Gasteiger partial charge < -0.3 is 4.90 Å². The van der Waals surface area contributed by atoms with Gasteiger partial charge in [0.05, 0.1) is 0 Å². The largest absolute Gasteiger partial charge is 0.354 e. The van der Waals surface area contributed by atoms with Gasteiger partial charge in [0.1, 0.15) is 0 Å². The Hall–Kier alpha value is -1.48. The molecule has 1 heterocycles. The lowest BCUT2D eigenvalue weighted by Crippen LogP contribution is -2.25. The number of benzene rings is 1. The van der Waals surface area contributed by atoms with Crippen LogP contribution >= 0.6 is 0 Å². The molecule has 2 rings (SSSR count). The van der Waals surface area contributed by atoms with Gasteiger partial charge in [-0.3, -0.25) is 5.21 Å². The van der Waals surface area contributed by atoms with Gasteiger partial charge in [0.25, 0.3) is 0 Å². The van der Waals surface area contributed by atoms with Gasteiger partial charge in [0.15, 0.2) is 6.17 Å². The molecule has 1 unspecified atom stereocenters. The van der Waals surface area contributed by atoms with Crippen LogP contribution in [0.2, 0.25) is 0 Å². The predicted molar refractivity (Wildman–Crippen MR) is 49.7 cm³/mol. The van der Waals surface area contributed by atoms with E-state index in [1.807, 2.05) is 48.5 Å². The van der Waals surface area contributed by atoms with Crippen molar-refractivity contribution >= 4 is 0 Å². The van der Waals surface area contributed by atoms with Crippen molar-refractivity contribution < 1.29 is 5.21 Å². The quantitative estimate of drug-likeness (QED) is 0.706. The Bertz CT molecular complexity index is 298. The van der Waals surface area contributed by atoms with Crippen LogP contribution in [0.4, 0.5) is 0 Å². The molecule has 1 aromatic carbocycles. The number of rotatable bonds is 1. The molecule has 0 aromatic heterocycles. The first-order chi connectivity index (χ1) is 6.29. The normalized spacial score (nSPS) is 21.2. The van der Waals surface area contributed by atoms with Crippen molar-refractivity contribution in [3.8, 4) is 0 Å². The van der Waals surface area contributed by atoms with Crippen molar-refractivity contribution in [2.75, 3.05) is 7.05 Å². The topological polar surface area (TPSA) is 26.7 Å². The number of hydrogen-bond donors (Lipinski definition) is 1. The predicted octanol–water partition coefficient (Wildman–Crippen LogP) is 1.79. The minimum absolute atomic E-state index is 0.0822. The third-order valence-electron chi connectivity index (χ3n) is 2.19. The van der Waals surface area contributed by atoms with Gasteiger partial charge in [0.2, 0.25) is 0 Å². The lowest BCUT2D eigenvalue weighted by molar-refractivity contribution is -0.101. The maximum Gasteiger partial charge on any atom is 0.151 e. The van der Waals surface area contributed by atoms with Crippen molar-refractivity contribution in [2.45, 2.75) is 6.17 Å². The Balaban J connectivity index is 2.27. The molecule has 0 fully saturated rings. The van der Waals surface area contributed by atoms with Crippen molar-refractivity contribution in [1.29, 1.82) is 0 Å². The van der Waals surface area contributed by atoms with Crippen molar-refractivity contribution in [3.63, 3.8) is 0 Å². The molecule has 0 saturated heterocycles. The van der Waals surface area contributed by atoms with Gasteiger partial charge >= 0.3 is 0 Å². The Morgan fingerprint density at radius 1 is 1.15 bits per heavy atom. The summed E-state index contributed by atoms with van der Waals surface area (Å²) in [6.45, 7) is 0. The van der Waals surface area contributed by atoms with E-state index in [1.54, 1.807) is 6.20 Å². The molecule has 0 saturated carbocycles. The minimum atomic E-state index is -0.0822. The van der Waals surface area contributed by atoms with Crippen LogP contribution in [0.15, 0.2) is 42.7 Å². The Kier molecular flexibility index (Phi) is 1.94. The van der Waals surface area contributed by atoms with Crippen LogP contribution in [0.5, 0.6) is 0 Å². The zero-order valence-corrected chi connectivity index (χ0v) is 7.46. The van der Waals surface area contributed by atoms with Crippen LogP contribution < -0.4 is 0 Å². The second-order valence-electron chi connectivity index (χ2n) is 3.13. The molecule has 1 atom stereocenters. The molecule has 1 aliphatic rings. The molecule has 1 N–H and O–H groups in total. The van der Waals surface area contributed by atoms with Crippen LogP contribution in [0.3, 0.4) is 0 Å². The number of hydrogen-bond acceptors (Lipinski definition) is 3. The molecule has 0 aliphatic carbocycles. The summed E-state index contributed by atoms with van der Waals surface area (Å²) in [5, 5.41) is 10.7. The van der Waals surface area contributed by atoms with Gasteiger partial charge in [-0.15, -0.1) is 0 Å². The van der Waals surface area contributed by atoms with E-state index in [4.69, 9.17) is 0 Å². The second kappa shape index (κ2) is 3.11. The number of hydroxylamine groups is 2. The fourth-order valence-electron chi connectivity index (χ4n) is 1.54. The molecule has 0 bridgehead atoms. The summed E-state index contributed by atoms with van der Waals surface area (Å²) >= 11 is 0. The standard InChI is InChI=1S/C10H12N2O/c1-11-7-8-12(13)10(11)9-5-3-2-4-6-9/h2-8,10,13H,1H3. The molecular formula is C10H12N2O. The van der Waals surface area contributed by atoms with Crippen molar-refractivity contribution in [3.05, 3.63) is 48.3 Å². The molecule has 3 heteroatoms. The smallest absolute Gasteiger partial charge is 0.151 e. The third kappa shape index (κ3) is 1.38. The summed E-state index contributed by atoms with van der Waals surface area (Å²) in [7, 11) is 1.93. The lowest BCUT2D eigenvalue weighted by Gasteiger charge is -2.25.